The second-order valence-electron chi connectivity index (χ2n) is 3.20. The topological polar surface area (TPSA) is 80.9 Å². The lowest BCUT2D eigenvalue weighted by Crippen LogP contribution is -2.30. The van der Waals surface area contributed by atoms with Crippen LogP contribution in [0.15, 0.2) is 18.7 Å². The summed E-state index contributed by atoms with van der Waals surface area (Å²) in [6.07, 6.45) is 5.29. The largest absolute Gasteiger partial charge is 0.370 e. The zero-order valence-corrected chi connectivity index (χ0v) is 8.10. The Morgan fingerprint density at radius 2 is 2.21 bits per heavy atom. The van der Waals surface area contributed by atoms with Crippen molar-refractivity contribution in [2.45, 2.75) is 25.9 Å². The molecular weight excluding hydrogens is 180 g/mol. The molecule has 0 aliphatic heterocycles. The molecular formula is C9H14N4O. The van der Waals surface area contributed by atoms with Gasteiger partial charge in [0, 0.05) is 37.0 Å². The highest BCUT2D eigenvalue weighted by Crippen LogP contribution is 1.95. The zero-order valence-electron chi connectivity index (χ0n) is 8.10. The average Bonchev–Trinajstić information content (AvgIpc) is 2.15. The summed E-state index contributed by atoms with van der Waals surface area (Å²) in [5.74, 6) is -0.297. The first-order valence-corrected chi connectivity index (χ1v) is 4.44. The lowest BCUT2D eigenvalue weighted by Gasteiger charge is -2.10. The molecule has 1 atom stereocenters. The monoisotopic (exact) mass is 194 g/mol. The Balaban J connectivity index is 2.30. The van der Waals surface area contributed by atoms with Crippen molar-refractivity contribution in [2.75, 3.05) is 0 Å². The van der Waals surface area contributed by atoms with Gasteiger partial charge in [0.2, 0.25) is 5.91 Å². The highest BCUT2D eigenvalue weighted by molar-refractivity contribution is 5.74. The summed E-state index contributed by atoms with van der Waals surface area (Å²) in [5, 5.41) is 3.15. The van der Waals surface area contributed by atoms with Crippen molar-refractivity contribution < 1.29 is 4.79 Å². The minimum absolute atomic E-state index is 0.0766. The van der Waals surface area contributed by atoms with Crippen LogP contribution in [0.5, 0.6) is 0 Å². The number of hydrogen-bond acceptors (Lipinski definition) is 4. The lowest BCUT2D eigenvalue weighted by molar-refractivity contribution is -0.118. The van der Waals surface area contributed by atoms with Gasteiger partial charge in [-0.05, 0) is 6.92 Å². The van der Waals surface area contributed by atoms with Gasteiger partial charge in [-0.2, -0.15) is 0 Å². The first-order chi connectivity index (χ1) is 6.68. The minimum Gasteiger partial charge on any atom is -0.370 e. The second-order valence-corrected chi connectivity index (χ2v) is 3.20. The van der Waals surface area contributed by atoms with Crippen molar-refractivity contribution >= 4 is 5.91 Å². The van der Waals surface area contributed by atoms with Gasteiger partial charge in [-0.3, -0.25) is 4.79 Å². The van der Waals surface area contributed by atoms with E-state index >= 15 is 0 Å². The van der Waals surface area contributed by atoms with Crippen LogP contribution >= 0.6 is 0 Å². The Hall–Kier alpha value is -1.49. The van der Waals surface area contributed by atoms with Crippen LogP contribution in [-0.2, 0) is 11.3 Å². The van der Waals surface area contributed by atoms with Gasteiger partial charge < -0.3 is 11.1 Å². The van der Waals surface area contributed by atoms with E-state index in [-0.39, 0.29) is 11.9 Å². The summed E-state index contributed by atoms with van der Waals surface area (Å²) in [6, 6.07) is 0.0766. The van der Waals surface area contributed by atoms with Crippen molar-refractivity contribution in [3.63, 3.8) is 0 Å². The Morgan fingerprint density at radius 3 is 2.79 bits per heavy atom. The Kier molecular flexibility index (Phi) is 4.00. The molecule has 0 bridgehead atoms. The molecule has 3 N–H and O–H groups in total. The first kappa shape index (κ1) is 10.6. The molecule has 1 amide bonds. The van der Waals surface area contributed by atoms with Crippen LogP contribution in [0.1, 0.15) is 18.9 Å². The SMILES string of the molecule is CC(CC(N)=O)NCc1cncnc1. The Bertz CT molecular complexity index is 288. The average molecular weight is 194 g/mol. The van der Waals surface area contributed by atoms with E-state index in [1.807, 2.05) is 6.92 Å². The summed E-state index contributed by atoms with van der Waals surface area (Å²) in [5.41, 5.74) is 6.05. The fraction of sp³-hybridized carbons (Fsp3) is 0.444. The number of nitrogens with one attached hydrogen (secondary N) is 1. The smallest absolute Gasteiger partial charge is 0.218 e. The summed E-state index contributed by atoms with van der Waals surface area (Å²) in [4.78, 5) is 18.3. The van der Waals surface area contributed by atoms with Crippen molar-refractivity contribution in [3.8, 4) is 0 Å². The van der Waals surface area contributed by atoms with Crippen LogP contribution < -0.4 is 11.1 Å². The summed E-state index contributed by atoms with van der Waals surface area (Å²) in [6.45, 7) is 2.56. The van der Waals surface area contributed by atoms with E-state index in [9.17, 15) is 4.79 Å². The number of carbonyl (C=O) groups excluding carboxylic acids is 1. The normalized spacial score (nSPS) is 12.4. The molecule has 0 aromatic carbocycles. The molecule has 0 saturated carbocycles. The van der Waals surface area contributed by atoms with Crippen molar-refractivity contribution in [3.05, 3.63) is 24.3 Å². The maximum Gasteiger partial charge on any atom is 0.218 e. The third kappa shape index (κ3) is 3.95. The second kappa shape index (κ2) is 5.29. The van der Waals surface area contributed by atoms with Crippen molar-refractivity contribution in [1.82, 2.24) is 15.3 Å². The highest BCUT2D eigenvalue weighted by Gasteiger charge is 2.04. The van der Waals surface area contributed by atoms with E-state index in [2.05, 4.69) is 15.3 Å². The number of carbonyl (C=O) groups is 1. The number of amides is 1. The van der Waals surface area contributed by atoms with E-state index < -0.39 is 0 Å². The number of nitrogens with zero attached hydrogens (tertiary/aromatic N) is 2. The first-order valence-electron chi connectivity index (χ1n) is 4.44. The molecule has 1 heterocycles. The lowest BCUT2D eigenvalue weighted by atomic mass is 10.2. The fourth-order valence-corrected chi connectivity index (χ4v) is 1.09. The highest BCUT2D eigenvalue weighted by atomic mass is 16.1. The van der Waals surface area contributed by atoms with Crippen LogP contribution in [0.4, 0.5) is 0 Å². The van der Waals surface area contributed by atoms with Gasteiger partial charge in [-0.15, -0.1) is 0 Å². The fourth-order valence-electron chi connectivity index (χ4n) is 1.09. The van der Waals surface area contributed by atoms with Gasteiger partial charge in [0.1, 0.15) is 6.33 Å². The summed E-state index contributed by atoms with van der Waals surface area (Å²) in [7, 11) is 0. The zero-order chi connectivity index (χ0) is 10.4. The number of rotatable bonds is 5. The van der Waals surface area contributed by atoms with Gasteiger partial charge >= 0.3 is 0 Å². The van der Waals surface area contributed by atoms with E-state index in [0.29, 0.717) is 13.0 Å². The van der Waals surface area contributed by atoms with Gasteiger partial charge in [-0.25, -0.2) is 9.97 Å². The van der Waals surface area contributed by atoms with Crippen LogP contribution in [0.25, 0.3) is 0 Å². The molecule has 1 rings (SSSR count). The molecule has 1 aromatic rings. The van der Waals surface area contributed by atoms with Crippen molar-refractivity contribution in [2.24, 2.45) is 5.73 Å². The minimum atomic E-state index is -0.297. The van der Waals surface area contributed by atoms with Gasteiger partial charge in [-0.1, -0.05) is 0 Å². The molecule has 0 fully saturated rings. The number of aromatic nitrogens is 2. The van der Waals surface area contributed by atoms with E-state index in [1.54, 1.807) is 12.4 Å². The molecule has 1 aromatic heterocycles. The summed E-state index contributed by atoms with van der Waals surface area (Å²) < 4.78 is 0. The molecule has 1 unspecified atom stereocenters. The van der Waals surface area contributed by atoms with Gasteiger partial charge in [0.15, 0.2) is 0 Å². The standard InChI is InChI=1S/C9H14N4O/c1-7(2-9(10)14)13-5-8-3-11-6-12-4-8/h3-4,6-7,13H,2,5H2,1H3,(H2,10,14). The molecule has 5 heteroatoms. The maximum absolute atomic E-state index is 10.6. The predicted molar refractivity (Wildman–Crippen MR) is 52.1 cm³/mol. The van der Waals surface area contributed by atoms with Gasteiger partial charge in [0.25, 0.3) is 0 Å². The number of hydrogen-bond donors (Lipinski definition) is 2. The molecule has 14 heavy (non-hydrogen) atoms. The number of primary amides is 1. The Morgan fingerprint density at radius 1 is 1.57 bits per heavy atom. The summed E-state index contributed by atoms with van der Waals surface area (Å²) >= 11 is 0. The van der Waals surface area contributed by atoms with Crippen LogP contribution in [-0.4, -0.2) is 21.9 Å². The predicted octanol–water partition coefficient (Wildman–Crippen LogP) is -0.170. The molecule has 0 spiro atoms. The third-order valence-electron chi connectivity index (χ3n) is 1.78. The van der Waals surface area contributed by atoms with E-state index in [1.165, 1.54) is 6.33 Å². The van der Waals surface area contributed by atoms with Crippen LogP contribution in [0.2, 0.25) is 0 Å². The molecule has 0 saturated heterocycles. The van der Waals surface area contributed by atoms with Crippen LogP contribution in [0, 0.1) is 0 Å². The molecule has 0 radical (unpaired) electrons. The van der Waals surface area contributed by atoms with Crippen LogP contribution in [0.3, 0.4) is 0 Å². The third-order valence-corrected chi connectivity index (χ3v) is 1.78. The maximum atomic E-state index is 10.6. The molecule has 5 nitrogen and oxygen atoms in total. The van der Waals surface area contributed by atoms with E-state index in [0.717, 1.165) is 5.56 Å². The quantitative estimate of drug-likeness (QED) is 0.682. The number of nitrogens with two attached hydrogens (primary N) is 1. The molecule has 76 valence electrons. The van der Waals surface area contributed by atoms with E-state index in [4.69, 9.17) is 5.73 Å². The molecule has 0 aliphatic rings. The molecule has 0 aliphatic carbocycles. The van der Waals surface area contributed by atoms with Gasteiger partial charge in [0.05, 0.1) is 0 Å². The van der Waals surface area contributed by atoms with Crippen molar-refractivity contribution in [1.29, 1.82) is 0 Å². The Labute approximate surface area is 82.7 Å².